The third-order valence-corrected chi connectivity index (χ3v) is 5.40. The van der Waals surface area contributed by atoms with Gasteiger partial charge in [0.15, 0.2) is 0 Å². The zero-order chi connectivity index (χ0) is 24.7. The molecule has 178 valence electrons. The van der Waals surface area contributed by atoms with Crippen LogP contribution in [0.5, 0.6) is 0 Å². The zero-order valence-electron chi connectivity index (χ0n) is 18.5. The fourth-order valence-corrected chi connectivity index (χ4v) is 3.45. The second-order valence-electron chi connectivity index (χ2n) is 7.83. The topological polar surface area (TPSA) is 113 Å². The minimum Gasteiger partial charge on any atom is -0.478 e. The van der Waals surface area contributed by atoms with Gasteiger partial charge in [-0.25, -0.2) is 13.6 Å². The van der Waals surface area contributed by atoms with Gasteiger partial charge in [-0.3, -0.25) is 9.69 Å². The number of carboxylic acids is 1. The maximum atomic E-state index is 13.5. The van der Waals surface area contributed by atoms with Gasteiger partial charge in [0.2, 0.25) is 0 Å². The Kier molecular flexibility index (Phi) is 8.15. The summed E-state index contributed by atoms with van der Waals surface area (Å²) in [5, 5.41) is 8.39. The molecule has 1 aliphatic heterocycles. The van der Waals surface area contributed by atoms with Gasteiger partial charge < -0.3 is 21.5 Å². The van der Waals surface area contributed by atoms with Crippen molar-refractivity contribution in [2.45, 2.75) is 6.54 Å². The van der Waals surface area contributed by atoms with E-state index in [0.717, 1.165) is 25.7 Å². The van der Waals surface area contributed by atoms with Crippen molar-refractivity contribution in [2.75, 3.05) is 37.6 Å². The molecule has 34 heavy (non-hydrogen) atoms. The van der Waals surface area contributed by atoms with E-state index in [-0.39, 0.29) is 22.8 Å². The third kappa shape index (κ3) is 6.52. The Hall–Kier alpha value is -3.98. The highest BCUT2D eigenvalue weighted by molar-refractivity contribution is 5.94. The van der Waals surface area contributed by atoms with Crippen molar-refractivity contribution >= 4 is 23.3 Å². The van der Waals surface area contributed by atoms with Crippen LogP contribution in [0.2, 0.25) is 0 Å². The number of amides is 1. The van der Waals surface area contributed by atoms with Crippen LogP contribution in [-0.2, 0) is 6.54 Å². The normalized spacial score (nSPS) is 13.6. The number of nitrogens with two attached hydrogens (primary N) is 2. The van der Waals surface area contributed by atoms with Gasteiger partial charge in [0.25, 0.3) is 5.91 Å². The number of hydrogen-bond donors (Lipinski definition) is 3. The van der Waals surface area contributed by atoms with E-state index in [9.17, 15) is 18.4 Å². The van der Waals surface area contributed by atoms with Crippen molar-refractivity contribution in [3.05, 3.63) is 95.1 Å². The van der Waals surface area contributed by atoms with E-state index in [2.05, 4.69) is 17.0 Å². The van der Waals surface area contributed by atoms with Crippen molar-refractivity contribution in [3.63, 3.8) is 0 Å². The lowest BCUT2D eigenvalue weighted by Gasteiger charge is -2.34. The van der Waals surface area contributed by atoms with Gasteiger partial charge in [0.05, 0.1) is 16.9 Å². The quantitative estimate of drug-likeness (QED) is 0.506. The van der Waals surface area contributed by atoms with Crippen molar-refractivity contribution in [1.29, 1.82) is 0 Å². The van der Waals surface area contributed by atoms with E-state index in [1.165, 1.54) is 29.8 Å². The highest BCUT2D eigenvalue weighted by atomic mass is 19.1. The molecule has 9 heteroatoms. The Morgan fingerprint density at radius 1 is 0.794 bits per heavy atom. The number of benzene rings is 3. The maximum Gasteiger partial charge on any atom is 0.335 e. The average Bonchev–Trinajstić information content (AvgIpc) is 2.83. The molecule has 0 saturated carbocycles. The van der Waals surface area contributed by atoms with E-state index < -0.39 is 17.6 Å². The van der Waals surface area contributed by atoms with Crippen LogP contribution in [0.15, 0.2) is 66.7 Å². The van der Waals surface area contributed by atoms with Crippen LogP contribution in [0.25, 0.3) is 0 Å². The number of halogens is 2. The molecule has 4 rings (SSSR count). The van der Waals surface area contributed by atoms with Gasteiger partial charge in [-0.2, -0.15) is 0 Å². The summed E-state index contributed by atoms with van der Waals surface area (Å²) in [6.45, 7) is 3.82. The van der Waals surface area contributed by atoms with Crippen LogP contribution >= 0.6 is 0 Å². The number of anilines is 2. The molecular formula is C25H26F2N4O3. The minimum atomic E-state index is -1.16. The van der Waals surface area contributed by atoms with Crippen LogP contribution in [0.3, 0.4) is 0 Å². The molecule has 1 aliphatic rings. The molecule has 1 saturated heterocycles. The highest BCUT2D eigenvalue weighted by Crippen LogP contribution is 2.16. The molecule has 0 bridgehead atoms. The predicted molar refractivity (Wildman–Crippen MR) is 126 cm³/mol. The number of nitrogen functional groups attached to an aromatic ring is 2. The van der Waals surface area contributed by atoms with Crippen LogP contribution in [0.4, 0.5) is 20.2 Å². The number of carbonyl (C=O) groups is 2. The first-order valence-corrected chi connectivity index (χ1v) is 10.6. The summed E-state index contributed by atoms with van der Waals surface area (Å²) in [5.74, 6) is -2.55. The van der Waals surface area contributed by atoms with Crippen molar-refractivity contribution in [2.24, 2.45) is 0 Å². The Bertz CT molecular complexity index is 1150. The SMILES string of the molecule is Nc1ccc(C(=O)N2CCN(Cc3ccccc3)CC2)cc1F.Nc1ccc(C(=O)O)cc1F. The first-order chi connectivity index (χ1) is 16.2. The van der Waals surface area contributed by atoms with Crippen LogP contribution in [0.1, 0.15) is 26.3 Å². The number of piperazine rings is 1. The summed E-state index contributed by atoms with van der Waals surface area (Å²) in [6.07, 6.45) is 0. The van der Waals surface area contributed by atoms with E-state index in [1.807, 2.05) is 18.2 Å². The van der Waals surface area contributed by atoms with Gasteiger partial charge >= 0.3 is 5.97 Å². The molecule has 0 atom stereocenters. The molecule has 1 heterocycles. The summed E-state index contributed by atoms with van der Waals surface area (Å²) in [6, 6.07) is 17.9. The molecule has 0 radical (unpaired) electrons. The lowest BCUT2D eigenvalue weighted by Crippen LogP contribution is -2.48. The molecule has 3 aromatic carbocycles. The van der Waals surface area contributed by atoms with Gasteiger partial charge in [-0.1, -0.05) is 30.3 Å². The lowest BCUT2D eigenvalue weighted by molar-refractivity contribution is 0.0627. The third-order valence-electron chi connectivity index (χ3n) is 5.40. The van der Waals surface area contributed by atoms with Crippen molar-refractivity contribution in [1.82, 2.24) is 9.80 Å². The Morgan fingerprint density at radius 3 is 1.85 bits per heavy atom. The first kappa shape index (κ1) is 24.7. The first-order valence-electron chi connectivity index (χ1n) is 10.6. The van der Waals surface area contributed by atoms with E-state index in [1.54, 1.807) is 11.0 Å². The second kappa shape index (κ2) is 11.2. The van der Waals surface area contributed by atoms with Crippen LogP contribution in [-0.4, -0.2) is 53.0 Å². The largest absolute Gasteiger partial charge is 0.478 e. The Balaban J connectivity index is 0.000000248. The summed E-state index contributed by atoms with van der Waals surface area (Å²) < 4.78 is 26.1. The Morgan fingerprint density at radius 2 is 1.32 bits per heavy atom. The van der Waals surface area contributed by atoms with Crippen molar-refractivity contribution in [3.8, 4) is 0 Å². The number of nitrogens with zero attached hydrogens (tertiary/aromatic N) is 2. The molecule has 7 nitrogen and oxygen atoms in total. The van der Waals surface area contributed by atoms with E-state index >= 15 is 0 Å². The molecule has 1 fully saturated rings. The van der Waals surface area contributed by atoms with Crippen LogP contribution in [0, 0.1) is 11.6 Å². The van der Waals surface area contributed by atoms with Gasteiger partial charge in [-0.05, 0) is 42.0 Å². The van der Waals surface area contributed by atoms with E-state index in [4.69, 9.17) is 16.6 Å². The lowest BCUT2D eigenvalue weighted by atomic mass is 10.1. The molecule has 0 aliphatic carbocycles. The molecule has 3 aromatic rings. The Labute approximate surface area is 196 Å². The average molecular weight is 469 g/mol. The molecule has 1 amide bonds. The number of carboxylic acid groups (broad SMARTS) is 1. The molecular weight excluding hydrogens is 442 g/mol. The summed E-state index contributed by atoms with van der Waals surface area (Å²) in [7, 11) is 0. The maximum absolute atomic E-state index is 13.5. The number of rotatable bonds is 4. The number of aromatic carboxylic acids is 1. The smallest absolute Gasteiger partial charge is 0.335 e. The van der Waals surface area contributed by atoms with Gasteiger partial charge in [0.1, 0.15) is 11.6 Å². The van der Waals surface area contributed by atoms with E-state index in [0.29, 0.717) is 18.7 Å². The van der Waals surface area contributed by atoms with Crippen molar-refractivity contribution < 1.29 is 23.5 Å². The standard InChI is InChI=1S/C18H20FN3O.C7H6FNO2/c19-16-12-15(6-7-17(16)20)18(23)22-10-8-21(9-11-22)13-14-4-2-1-3-5-14;8-5-3-4(7(10)11)1-2-6(5)9/h1-7,12H,8-11,13,20H2;1-3H,9H2,(H,10,11). The van der Waals surface area contributed by atoms with Crippen LogP contribution < -0.4 is 11.5 Å². The predicted octanol–water partition coefficient (Wildman–Crippen LogP) is 3.47. The molecule has 5 N–H and O–H groups in total. The monoisotopic (exact) mass is 468 g/mol. The number of carbonyl (C=O) groups excluding carboxylic acids is 1. The fourth-order valence-electron chi connectivity index (χ4n) is 3.45. The second-order valence-corrected chi connectivity index (χ2v) is 7.83. The highest BCUT2D eigenvalue weighted by Gasteiger charge is 2.22. The fraction of sp³-hybridized carbons (Fsp3) is 0.200. The summed E-state index contributed by atoms with van der Waals surface area (Å²) in [5.41, 5.74) is 12.1. The minimum absolute atomic E-state index is 0.0463. The molecule has 0 unspecified atom stereocenters. The summed E-state index contributed by atoms with van der Waals surface area (Å²) >= 11 is 0. The number of hydrogen-bond acceptors (Lipinski definition) is 5. The molecule has 0 spiro atoms. The summed E-state index contributed by atoms with van der Waals surface area (Å²) in [4.78, 5) is 26.8. The van der Waals surface area contributed by atoms with Gasteiger partial charge in [0, 0.05) is 38.3 Å². The zero-order valence-corrected chi connectivity index (χ0v) is 18.5. The van der Waals surface area contributed by atoms with Gasteiger partial charge in [-0.15, -0.1) is 0 Å². The molecule has 0 aromatic heterocycles.